The Bertz CT molecular complexity index is 699. The Labute approximate surface area is 157 Å². The molecule has 3 rings (SSSR count). The summed E-state index contributed by atoms with van der Waals surface area (Å²) in [6, 6.07) is 9.78. The fourth-order valence-corrected chi connectivity index (χ4v) is 4.05. The number of anilines is 1. The van der Waals surface area contributed by atoms with Gasteiger partial charge in [0.25, 0.3) is 5.91 Å². The van der Waals surface area contributed by atoms with Gasteiger partial charge in [0.1, 0.15) is 19.2 Å². The Balaban J connectivity index is 1.61. The molecule has 6 heteroatoms. The van der Waals surface area contributed by atoms with Crippen LogP contribution in [0.4, 0.5) is 5.69 Å². The van der Waals surface area contributed by atoms with E-state index < -0.39 is 0 Å². The zero-order valence-corrected chi connectivity index (χ0v) is 16.0. The summed E-state index contributed by atoms with van der Waals surface area (Å²) < 4.78 is 5.76. The first-order valence-corrected chi connectivity index (χ1v) is 9.89. The quantitative estimate of drug-likeness (QED) is 0.776. The molecule has 1 amide bonds. The highest BCUT2D eigenvalue weighted by Gasteiger charge is 2.24. The first-order chi connectivity index (χ1) is 12.1. The van der Waals surface area contributed by atoms with Crippen LogP contribution in [0.5, 0.6) is 0 Å². The van der Waals surface area contributed by atoms with Gasteiger partial charge >= 0.3 is 0 Å². The van der Waals surface area contributed by atoms with E-state index in [0.717, 1.165) is 43.8 Å². The number of hydrogen-bond donors (Lipinski definition) is 2. The van der Waals surface area contributed by atoms with Crippen LogP contribution in [0.25, 0.3) is 0 Å². The minimum atomic E-state index is 0.00414. The predicted octanol–water partition coefficient (Wildman–Crippen LogP) is 2.91. The van der Waals surface area contributed by atoms with Gasteiger partial charge in [-0.1, -0.05) is 23.7 Å². The molecule has 0 radical (unpaired) electrons. The molecule has 0 aliphatic carbocycles. The molecule has 0 bridgehead atoms. The zero-order valence-electron chi connectivity index (χ0n) is 14.4. The second-order valence-electron chi connectivity index (χ2n) is 6.53. The number of amides is 1. The number of halogens is 1. The summed E-state index contributed by atoms with van der Waals surface area (Å²) in [6.45, 7) is 4.91. The highest BCUT2D eigenvalue weighted by atomic mass is 35.5. The van der Waals surface area contributed by atoms with Crippen molar-refractivity contribution in [3.8, 4) is 0 Å². The average molecular weight is 380 g/mol. The van der Waals surface area contributed by atoms with Gasteiger partial charge in [0.05, 0.1) is 4.88 Å². The van der Waals surface area contributed by atoms with E-state index in [1.54, 1.807) is 17.4 Å². The molecule has 1 saturated heterocycles. The molecule has 2 aromatic rings. The third kappa shape index (κ3) is 5.54. The predicted molar refractivity (Wildman–Crippen MR) is 103 cm³/mol. The molecule has 1 fully saturated rings. The maximum absolute atomic E-state index is 12.5. The Hall–Kier alpha value is -1.40. The van der Waals surface area contributed by atoms with E-state index in [-0.39, 0.29) is 12.0 Å². The molecule has 1 aromatic heterocycles. The SMILES string of the molecule is Cc1ccc(NC(=O)C[NH+](Cc2cccs2)C[C@@H]2CCCO2)cc1Cl. The third-order valence-electron chi connectivity index (χ3n) is 4.41. The molecule has 4 nitrogen and oxygen atoms in total. The largest absolute Gasteiger partial charge is 0.372 e. The topological polar surface area (TPSA) is 42.8 Å². The summed E-state index contributed by atoms with van der Waals surface area (Å²) in [5, 5.41) is 5.71. The van der Waals surface area contributed by atoms with Crippen molar-refractivity contribution in [1.82, 2.24) is 0 Å². The fraction of sp³-hybridized carbons (Fsp3) is 0.421. The smallest absolute Gasteiger partial charge is 0.279 e. The summed E-state index contributed by atoms with van der Waals surface area (Å²) in [5.74, 6) is 0.00414. The van der Waals surface area contributed by atoms with Crippen molar-refractivity contribution in [3.05, 3.63) is 51.2 Å². The first-order valence-electron chi connectivity index (χ1n) is 8.63. The van der Waals surface area contributed by atoms with E-state index in [1.165, 1.54) is 9.78 Å². The Kier molecular flexibility index (Phi) is 6.48. The van der Waals surface area contributed by atoms with Gasteiger partial charge in [0, 0.05) is 17.3 Å². The van der Waals surface area contributed by atoms with E-state index in [4.69, 9.17) is 16.3 Å². The number of nitrogens with one attached hydrogen (secondary N) is 2. The number of quaternary nitrogens is 1. The summed E-state index contributed by atoms with van der Waals surface area (Å²) in [5.41, 5.74) is 1.75. The highest BCUT2D eigenvalue weighted by Crippen LogP contribution is 2.19. The molecule has 134 valence electrons. The van der Waals surface area contributed by atoms with Gasteiger partial charge in [-0.3, -0.25) is 4.79 Å². The van der Waals surface area contributed by atoms with Gasteiger partial charge in [-0.05, 0) is 48.9 Å². The van der Waals surface area contributed by atoms with Crippen LogP contribution in [0, 0.1) is 6.92 Å². The number of benzene rings is 1. The van der Waals surface area contributed by atoms with E-state index in [9.17, 15) is 4.79 Å². The van der Waals surface area contributed by atoms with Gasteiger partial charge in [-0.15, -0.1) is 11.3 Å². The average Bonchev–Trinajstić information content (AvgIpc) is 3.25. The number of hydrogen-bond acceptors (Lipinski definition) is 3. The van der Waals surface area contributed by atoms with Crippen LogP contribution in [-0.2, 0) is 16.1 Å². The summed E-state index contributed by atoms with van der Waals surface area (Å²) in [4.78, 5) is 15.0. The van der Waals surface area contributed by atoms with E-state index in [1.807, 2.05) is 19.1 Å². The van der Waals surface area contributed by atoms with Crippen molar-refractivity contribution in [2.45, 2.75) is 32.4 Å². The lowest BCUT2D eigenvalue weighted by molar-refractivity contribution is -0.908. The molecular weight excluding hydrogens is 356 g/mol. The fourth-order valence-electron chi connectivity index (χ4n) is 3.10. The standard InChI is InChI=1S/C19H23ClN2O2S/c1-14-6-7-15(10-18(14)20)21-19(23)13-22(11-16-4-2-8-24-16)12-17-5-3-9-25-17/h3,5-7,9-10,16H,2,4,8,11-13H2,1H3,(H,21,23)/p+1/t16-/m0/s1. The maximum Gasteiger partial charge on any atom is 0.279 e. The maximum atomic E-state index is 12.5. The highest BCUT2D eigenvalue weighted by molar-refractivity contribution is 7.09. The number of ether oxygens (including phenoxy) is 1. The normalized spacial score (nSPS) is 18.2. The molecule has 0 spiro atoms. The van der Waals surface area contributed by atoms with E-state index in [2.05, 4.69) is 22.8 Å². The second kappa shape index (κ2) is 8.81. The lowest BCUT2D eigenvalue weighted by Gasteiger charge is -2.21. The van der Waals surface area contributed by atoms with Crippen LogP contribution in [0.15, 0.2) is 35.7 Å². The van der Waals surface area contributed by atoms with E-state index >= 15 is 0 Å². The lowest BCUT2D eigenvalue weighted by atomic mass is 10.2. The van der Waals surface area contributed by atoms with Gasteiger partial charge < -0.3 is 15.0 Å². The summed E-state index contributed by atoms with van der Waals surface area (Å²) >= 11 is 7.87. The van der Waals surface area contributed by atoms with Crippen LogP contribution in [0.2, 0.25) is 5.02 Å². The summed E-state index contributed by atoms with van der Waals surface area (Å²) in [6.07, 6.45) is 2.46. The minimum absolute atomic E-state index is 0.00414. The Morgan fingerprint density at radius 2 is 2.32 bits per heavy atom. The van der Waals surface area contributed by atoms with E-state index in [0.29, 0.717) is 11.6 Å². The molecule has 1 aromatic carbocycles. The first kappa shape index (κ1) is 18.4. The molecule has 25 heavy (non-hydrogen) atoms. The Morgan fingerprint density at radius 1 is 1.44 bits per heavy atom. The van der Waals surface area contributed by atoms with Crippen molar-refractivity contribution in [2.24, 2.45) is 0 Å². The number of carbonyl (C=O) groups excluding carboxylic acids is 1. The lowest BCUT2D eigenvalue weighted by Crippen LogP contribution is -3.12. The van der Waals surface area contributed by atoms with Gasteiger partial charge in [0.2, 0.25) is 0 Å². The number of rotatable bonds is 7. The molecular formula is C19H24ClN2O2S+. The number of carbonyl (C=O) groups is 1. The molecule has 2 heterocycles. The minimum Gasteiger partial charge on any atom is -0.372 e. The number of thiophene rings is 1. The monoisotopic (exact) mass is 379 g/mol. The molecule has 2 N–H and O–H groups in total. The zero-order chi connectivity index (χ0) is 17.6. The van der Waals surface area contributed by atoms with Crippen LogP contribution in [0.3, 0.4) is 0 Å². The van der Waals surface area contributed by atoms with Crippen molar-refractivity contribution in [1.29, 1.82) is 0 Å². The van der Waals surface area contributed by atoms with Crippen LogP contribution >= 0.6 is 22.9 Å². The molecule has 2 atom stereocenters. The third-order valence-corrected chi connectivity index (χ3v) is 5.69. The number of aryl methyl sites for hydroxylation is 1. The second-order valence-corrected chi connectivity index (χ2v) is 7.97. The van der Waals surface area contributed by atoms with Gasteiger partial charge in [-0.25, -0.2) is 0 Å². The van der Waals surface area contributed by atoms with Gasteiger partial charge in [-0.2, -0.15) is 0 Å². The van der Waals surface area contributed by atoms with Gasteiger partial charge in [0.15, 0.2) is 6.54 Å². The van der Waals surface area contributed by atoms with Crippen molar-refractivity contribution < 1.29 is 14.4 Å². The van der Waals surface area contributed by atoms with Crippen LogP contribution < -0.4 is 10.2 Å². The molecule has 1 unspecified atom stereocenters. The van der Waals surface area contributed by atoms with Crippen molar-refractivity contribution in [3.63, 3.8) is 0 Å². The molecule has 1 aliphatic rings. The van der Waals surface area contributed by atoms with Crippen LogP contribution in [0.1, 0.15) is 23.3 Å². The Morgan fingerprint density at radius 3 is 3.00 bits per heavy atom. The molecule has 1 aliphatic heterocycles. The van der Waals surface area contributed by atoms with Crippen LogP contribution in [-0.4, -0.2) is 31.7 Å². The molecule has 0 saturated carbocycles. The summed E-state index contributed by atoms with van der Waals surface area (Å²) in [7, 11) is 0. The van der Waals surface area contributed by atoms with Crippen molar-refractivity contribution in [2.75, 3.05) is 25.0 Å². The van der Waals surface area contributed by atoms with Crippen molar-refractivity contribution >= 4 is 34.5 Å².